The zero-order chi connectivity index (χ0) is 14.0. The molecular formula is C18H39F2N. The molecule has 0 rings (SSSR count). The second-order valence-corrected chi connectivity index (χ2v) is 5.73. The lowest BCUT2D eigenvalue weighted by molar-refractivity contribution is 0.599. The third kappa shape index (κ3) is 24.9. The van der Waals surface area contributed by atoms with Gasteiger partial charge in [-0.05, 0) is 38.6 Å². The van der Waals surface area contributed by atoms with Gasteiger partial charge in [0.1, 0.15) is 0 Å². The fourth-order valence-corrected chi connectivity index (χ4v) is 2.39. The van der Waals surface area contributed by atoms with Crippen molar-refractivity contribution < 1.29 is 9.41 Å². The van der Waals surface area contributed by atoms with Crippen molar-refractivity contribution in [3.63, 3.8) is 0 Å². The van der Waals surface area contributed by atoms with Crippen LogP contribution in [0.3, 0.4) is 0 Å². The van der Waals surface area contributed by atoms with Gasteiger partial charge in [0, 0.05) is 0 Å². The van der Waals surface area contributed by atoms with Gasteiger partial charge in [0.05, 0.1) is 0 Å². The Bertz CT molecular complexity index is 184. The predicted molar refractivity (Wildman–Crippen MR) is 93.5 cm³/mol. The van der Waals surface area contributed by atoms with Crippen LogP contribution in [0.25, 0.3) is 0 Å². The molecule has 0 unspecified atom stereocenters. The molecule has 1 nitrogen and oxygen atoms in total. The average Bonchev–Trinajstić information content (AvgIpc) is 2.43. The molecular weight excluding hydrogens is 268 g/mol. The summed E-state index contributed by atoms with van der Waals surface area (Å²) in [5.74, 6) is 0. The SMILES string of the molecule is CCCCCCCC/C=C\CCCCCCCCN.F.F. The summed E-state index contributed by atoms with van der Waals surface area (Å²) in [6, 6.07) is 0. The highest BCUT2D eigenvalue weighted by molar-refractivity contribution is 4.81. The van der Waals surface area contributed by atoms with Gasteiger partial charge in [-0.3, -0.25) is 9.41 Å². The second kappa shape index (κ2) is 24.6. The van der Waals surface area contributed by atoms with Crippen molar-refractivity contribution in [3.8, 4) is 0 Å². The molecule has 0 amide bonds. The lowest BCUT2D eigenvalue weighted by Gasteiger charge is -1.99. The zero-order valence-corrected chi connectivity index (χ0v) is 14.2. The zero-order valence-electron chi connectivity index (χ0n) is 14.2. The molecule has 2 N–H and O–H groups in total. The molecule has 0 aliphatic rings. The van der Waals surface area contributed by atoms with Crippen LogP contribution in [0, 0.1) is 0 Å². The van der Waals surface area contributed by atoms with Crippen LogP contribution in [0.2, 0.25) is 0 Å². The fraction of sp³-hybridized carbons (Fsp3) is 0.889. The highest BCUT2D eigenvalue weighted by Gasteiger charge is 1.90. The van der Waals surface area contributed by atoms with E-state index < -0.39 is 0 Å². The molecule has 130 valence electrons. The van der Waals surface area contributed by atoms with Crippen molar-refractivity contribution in [2.24, 2.45) is 5.73 Å². The summed E-state index contributed by atoms with van der Waals surface area (Å²) >= 11 is 0. The summed E-state index contributed by atoms with van der Waals surface area (Å²) in [6.45, 7) is 3.14. The standard InChI is InChI=1S/C18H37N.2FH/c1-2-3-4-5-6-7-8-9-10-11-12-13-14-15-16-17-18-19;;/h9-10H,2-8,11-19H2,1H3;2*1H/b10-9-;;. The number of allylic oxidation sites excluding steroid dienone is 2. The van der Waals surface area contributed by atoms with Gasteiger partial charge in [-0.2, -0.15) is 0 Å². The van der Waals surface area contributed by atoms with E-state index in [9.17, 15) is 0 Å². The van der Waals surface area contributed by atoms with Gasteiger partial charge in [0.2, 0.25) is 0 Å². The van der Waals surface area contributed by atoms with E-state index in [1.54, 1.807) is 0 Å². The monoisotopic (exact) mass is 307 g/mol. The number of hydrogen-bond donors (Lipinski definition) is 1. The molecule has 0 saturated carbocycles. The molecule has 0 saturated heterocycles. The summed E-state index contributed by atoms with van der Waals surface area (Å²) in [5.41, 5.74) is 5.47. The molecule has 0 spiro atoms. The highest BCUT2D eigenvalue weighted by Crippen LogP contribution is 2.09. The molecule has 0 radical (unpaired) electrons. The van der Waals surface area contributed by atoms with Crippen molar-refractivity contribution >= 4 is 0 Å². The summed E-state index contributed by atoms with van der Waals surface area (Å²) in [6.07, 6.45) is 23.9. The molecule has 0 aliphatic carbocycles. The Kier molecular flexibility index (Phi) is 29.8. The number of unbranched alkanes of at least 4 members (excludes halogenated alkanes) is 12. The van der Waals surface area contributed by atoms with E-state index >= 15 is 0 Å². The summed E-state index contributed by atoms with van der Waals surface area (Å²) in [4.78, 5) is 0. The van der Waals surface area contributed by atoms with E-state index in [-0.39, 0.29) is 9.41 Å². The minimum Gasteiger partial charge on any atom is -0.330 e. The Balaban J connectivity index is -0.00000162. The maximum absolute atomic E-state index is 5.47. The van der Waals surface area contributed by atoms with Gasteiger partial charge in [-0.25, -0.2) is 0 Å². The summed E-state index contributed by atoms with van der Waals surface area (Å²) in [7, 11) is 0. The first kappa shape index (κ1) is 25.5. The van der Waals surface area contributed by atoms with Crippen LogP contribution in [0.15, 0.2) is 12.2 Å². The number of hydrogen-bond acceptors (Lipinski definition) is 1. The van der Waals surface area contributed by atoms with Crippen molar-refractivity contribution in [1.82, 2.24) is 0 Å². The van der Waals surface area contributed by atoms with Crippen LogP contribution in [0.5, 0.6) is 0 Å². The lowest BCUT2D eigenvalue weighted by Crippen LogP contribution is -1.97. The smallest absolute Gasteiger partial charge is 0.00773 e. The third-order valence-corrected chi connectivity index (χ3v) is 3.72. The highest BCUT2D eigenvalue weighted by atomic mass is 19.0. The van der Waals surface area contributed by atoms with Crippen LogP contribution in [0.1, 0.15) is 96.8 Å². The van der Waals surface area contributed by atoms with E-state index in [1.165, 1.54) is 89.9 Å². The molecule has 0 fully saturated rings. The van der Waals surface area contributed by atoms with Crippen LogP contribution in [0.4, 0.5) is 9.41 Å². The Morgan fingerprint density at radius 1 is 0.571 bits per heavy atom. The minimum absolute atomic E-state index is 0. The van der Waals surface area contributed by atoms with Gasteiger partial charge in [0.25, 0.3) is 0 Å². The molecule has 0 aromatic heterocycles. The first-order valence-corrected chi connectivity index (χ1v) is 8.77. The quantitative estimate of drug-likeness (QED) is 0.279. The Morgan fingerprint density at radius 3 is 1.38 bits per heavy atom. The topological polar surface area (TPSA) is 26.0 Å². The summed E-state index contributed by atoms with van der Waals surface area (Å²) < 4.78 is 0. The summed E-state index contributed by atoms with van der Waals surface area (Å²) in [5, 5.41) is 0. The van der Waals surface area contributed by atoms with Crippen LogP contribution in [-0.4, -0.2) is 6.54 Å². The number of nitrogens with two attached hydrogens (primary N) is 1. The predicted octanol–water partition coefficient (Wildman–Crippen LogP) is 6.29. The van der Waals surface area contributed by atoms with Gasteiger partial charge in [-0.15, -0.1) is 0 Å². The van der Waals surface area contributed by atoms with Gasteiger partial charge in [-0.1, -0.05) is 76.9 Å². The van der Waals surface area contributed by atoms with Crippen LogP contribution in [-0.2, 0) is 0 Å². The van der Waals surface area contributed by atoms with E-state index in [2.05, 4.69) is 19.1 Å². The van der Waals surface area contributed by atoms with Crippen molar-refractivity contribution in [3.05, 3.63) is 12.2 Å². The Labute approximate surface area is 131 Å². The lowest BCUT2D eigenvalue weighted by atomic mass is 10.1. The largest absolute Gasteiger partial charge is 0.330 e. The molecule has 0 aliphatic heterocycles. The Morgan fingerprint density at radius 2 is 0.952 bits per heavy atom. The molecule has 3 heteroatoms. The fourth-order valence-electron chi connectivity index (χ4n) is 2.39. The second-order valence-electron chi connectivity index (χ2n) is 5.73. The van der Waals surface area contributed by atoms with E-state index in [0.717, 1.165) is 6.54 Å². The van der Waals surface area contributed by atoms with Crippen molar-refractivity contribution in [2.75, 3.05) is 6.54 Å². The number of rotatable bonds is 15. The van der Waals surface area contributed by atoms with E-state index in [4.69, 9.17) is 5.73 Å². The number of halogens is 2. The molecule has 0 heterocycles. The van der Waals surface area contributed by atoms with Gasteiger partial charge in [0.15, 0.2) is 0 Å². The van der Waals surface area contributed by atoms with Crippen molar-refractivity contribution in [2.45, 2.75) is 96.8 Å². The first-order valence-electron chi connectivity index (χ1n) is 8.77. The van der Waals surface area contributed by atoms with Crippen LogP contribution < -0.4 is 5.73 Å². The van der Waals surface area contributed by atoms with E-state index in [0.29, 0.717) is 0 Å². The molecule has 0 bridgehead atoms. The maximum atomic E-state index is 5.47. The molecule has 0 atom stereocenters. The normalized spacial score (nSPS) is 10.4. The minimum atomic E-state index is 0. The van der Waals surface area contributed by atoms with E-state index in [1.807, 2.05) is 0 Å². The maximum Gasteiger partial charge on any atom is -0.00773 e. The van der Waals surface area contributed by atoms with Gasteiger partial charge < -0.3 is 5.73 Å². The molecule has 0 aromatic rings. The van der Waals surface area contributed by atoms with Crippen molar-refractivity contribution in [1.29, 1.82) is 0 Å². The average molecular weight is 308 g/mol. The molecule has 21 heavy (non-hydrogen) atoms. The van der Waals surface area contributed by atoms with Crippen LogP contribution >= 0.6 is 0 Å². The third-order valence-electron chi connectivity index (χ3n) is 3.72. The first-order chi connectivity index (χ1) is 9.41. The Hall–Kier alpha value is -0.440. The molecule has 0 aromatic carbocycles. The van der Waals surface area contributed by atoms with Gasteiger partial charge >= 0.3 is 0 Å².